The molecule has 1 heteroatoms. The molecule has 0 radical (unpaired) electrons. The summed E-state index contributed by atoms with van der Waals surface area (Å²) in [5.41, 5.74) is 1.85. The largest absolute Gasteiger partial charge is 0.290 e. The smallest absolute Gasteiger partial charge is 0.0397 e. The van der Waals surface area contributed by atoms with Crippen LogP contribution in [0.25, 0.3) is 0 Å². The summed E-state index contributed by atoms with van der Waals surface area (Å²) in [5.74, 6) is 0. The zero-order valence-electron chi connectivity index (χ0n) is 10.4. The fourth-order valence-electron chi connectivity index (χ4n) is 3.35. The zero-order valence-corrected chi connectivity index (χ0v) is 10.4. The Morgan fingerprint density at radius 2 is 1.94 bits per heavy atom. The molecule has 1 spiro atoms. The Bertz CT molecular complexity index is 395. The van der Waals surface area contributed by atoms with Gasteiger partial charge in [0, 0.05) is 12.1 Å². The highest BCUT2D eigenvalue weighted by atomic mass is 15.2. The number of likely N-dealkylation sites (tertiary alicyclic amines) is 1. The molecule has 0 N–H and O–H groups in total. The van der Waals surface area contributed by atoms with Crippen LogP contribution < -0.4 is 0 Å². The van der Waals surface area contributed by atoms with Crippen LogP contribution in [0.3, 0.4) is 0 Å². The summed E-state index contributed by atoms with van der Waals surface area (Å²) in [6.07, 6.45) is 11.6. The molecule has 1 unspecified atom stereocenters. The third-order valence-electron chi connectivity index (χ3n) is 4.31. The SMILES string of the molecule is C1=CC2(CC1)CCCCN2Cc1ccccc1. The van der Waals surface area contributed by atoms with E-state index in [0.717, 1.165) is 6.54 Å². The van der Waals surface area contributed by atoms with E-state index in [-0.39, 0.29) is 0 Å². The summed E-state index contributed by atoms with van der Waals surface area (Å²) >= 11 is 0. The molecule has 1 nitrogen and oxygen atoms in total. The molecule has 1 fully saturated rings. The van der Waals surface area contributed by atoms with Crippen LogP contribution in [0.2, 0.25) is 0 Å². The topological polar surface area (TPSA) is 3.24 Å². The summed E-state index contributed by atoms with van der Waals surface area (Å²) in [6.45, 7) is 2.38. The fraction of sp³-hybridized carbons (Fsp3) is 0.500. The van der Waals surface area contributed by atoms with Crippen LogP contribution >= 0.6 is 0 Å². The van der Waals surface area contributed by atoms with E-state index in [2.05, 4.69) is 47.4 Å². The first-order valence-corrected chi connectivity index (χ1v) is 6.86. The van der Waals surface area contributed by atoms with Crippen molar-refractivity contribution in [2.45, 2.75) is 44.2 Å². The van der Waals surface area contributed by atoms with Crippen LogP contribution in [0.4, 0.5) is 0 Å². The third kappa shape index (κ3) is 2.16. The molecule has 1 atom stereocenters. The van der Waals surface area contributed by atoms with Gasteiger partial charge < -0.3 is 0 Å². The summed E-state index contributed by atoms with van der Waals surface area (Å²) in [6, 6.07) is 10.9. The molecule has 2 aliphatic rings. The van der Waals surface area contributed by atoms with Gasteiger partial charge in [-0.1, -0.05) is 48.9 Å². The average molecular weight is 227 g/mol. The molecule has 1 aliphatic heterocycles. The van der Waals surface area contributed by atoms with E-state index in [1.54, 1.807) is 0 Å². The first kappa shape index (κ1) is 11.0. The minimum absolute atomic E-state index is 0.397. The van der Waals surface area contributed by atoms with Crippen molar-refractivity contribution in [1.29, 1.82) is 0 Å². The summed E-state index contributed by atoms with van der Waals surface area (Å²) < 4.78 is 0. The van der Waals surface area contributed by atoms with Crippen molar-refractivity contribution >= 4 is 0 Å². The zero-order chi connectivity index (χ0) is 11.6. The lowest BCUT2D eigenvalue weighted by atomic mass is 9.85. The molecule has 3 rings (SSSR count). The Balaban J connectivity index is 1.78. The molecular weight excluding hydrogens is 206 g/mol. The molecule has 0 amide bonds. The van der Waals surface area contributed by atoms with Crippen LogP contribution in [0.5, 0.6) is 0 Å². The highest BCUT2D eigenvalue weighted by Crippen LogP contribution is 2.38. The first-order chi connectivity index (χ1) is 8.39. The molecule has 1 aromatic carbocycles. The third-order valence-corrected chi connectivity index (χ3v) is 4.31. The van der Waals surface area contributed by atoms with Gasteiger partial charge in [-0.05, 0) is 37.8 Å². The molecule has 17 heavy (non-hydrogen) atoms. The number of hydrogen-bond donors (Lipinski definition) is 0. The van der Waals surface area contributed by atoms with E-state index >= 15 is 0 Å². The number of benzene rings is 1. The van der Waals surface area contributed by atoms with Gasteiger partial charge in [0.2, 0.25) is 0 Å². The normalized spacial score (nSPS) is 28.9. The lowest BCUT2D eigenvalue weighted by molar-refractivity contribution is 0.0774. The maximum Gasteiger partial charge on any atom is 0.0397 e. The lowest BCUT2D eigenvalue weighted by Gasteiger charge is -2.44. The number of allylic oxidation sites excluding steroid dienone is 1. The van der Waals surface area contributed by atoms with Crippen LogP contribution in [0.1, 0.15) is 37.7 Å². The monoisotopic (exact) mass is 227 g/mol. The summed E-state index contributed by atoms with van der Waals surface area (Å²) in [5, 5.41) is 0. The van der Waals surface area contributed by atoms with Crippen molar-refractivity contribution in [3.8, 4) is 0 Å². The van der Waals surface area contributed by atoms with E-state index < -0.39 is 0 Å². The number of piperidine rings is 1. The lowest BCUT2D eigenvalue weighted by Crippen LogP contribution is -2.48. The predicted octanol–water partition coefficient (Wildman–Crippen LogP) is 3.76. The second-order valence-electron chi connectivity index (χ2n) is 5.41. The fourth-order valence-corrected chi connectivity index (χ4v) is 3.35. The van der Waals surface area contributed by atoms with Crippen LogP contribution in [0.15, 0.2) is 42.5 Å². The Morgan fingerprint density at radius 1 is 1.06 bits per heavy atom. The molecular formula is C16H21N. The van der Waals surface area contributed by atoms with Crippen molar-refractivity contribution in [1.82, 2.24) is 4.90 Å². The van der Waals surface area contributed by atoms with Gasteiger partial charge in [-0.3, -0.25) is 4.90 Å². The minimum atomic E-state index is 0.397. The Kier molecular flexibility index (Phi) is 3.02. The molecule has 1 aliphatic carbocycles. The Morgan fingerprint density at radius 3 is 2.71 bits per heavy atom. The maximum absolute atomic E-state index is 2.70. The van der Waals surface area contributed by atoms with Gasteiger partial charge in [0.05, 0.1) is 0 Å². The van der Waals surface area contributed by atoms with Crippen molar-refractivity contribution in [3.63, 3.8) is 0 Å². The van der Waals surface area contributed by atoms with Gasteiger partial charge in [0.25, 0.3) is 0 Å². The van der Waals surface area contributed by atoms with E-state index in [0.29, 0.717) is 5.54 Å². The molecule has 1 saturated heterocycles. The average Bonchev–Trinajstić information content (AvgIpc) is 2.83. The maximum atomic E-state index is 2.70. The van der Waals surface area contributed by atoms with Crippen LogP contribution in [-0.4, -0.2) is 17.0 Å². The Labute approximate surface area is 104 Å². The van der Waals surface area contributed by atoms with Gasteiger partial charge in [-0.15, -0.1) is 0 Å². The molecule has 1 heterocycles. The molecule has 0 bridgehead atoms. The molecule has 90 valence electrons. The minimum Gasteiger partial charge on any atom is -0.290 e. The predicted molar refractivity (Wildman–Crippen MR) is 71.8 cm³/mol. The van der Waals surface area contributed by atoms with Gasteiger partial charge in [0.15, 0.2) is 0 Å². The molecule has 0 aromatic heterocycles. The van der Waals surface area contributed by atoms with Gasteiger partial charge in [-0.25, -0.2) is 0 Å². The quantitative estimate of drug-likeness (QED) is 0.695. The van der Waals surface area contributed by atoms with Gasteiger partial charge in [-0.2, -0.15) is 0 Å². The van der Waals surface area contributed by atoms with Crippen molar-refractivity contribution in [2.75, 3.05) is 6.54 Å². The number of nitrogens with zero attached hydrogens (tertiary/aromatic N) is 1. The van der Waals surface area contributed by atoms with Gasteiger partial charge in [0.1, 0.15) is 0 Å². The first-order valence-electron chi connectivity index (χ1n) is 6.86. The van der Waals surface area contributed by atoms with E-state index in [4.69, 9.17) is 0 Å². The second-order valence-corrected chi connectivity index (χ2v) is 5.41. The molecule has 0 saturated carbocycles. The summed E-state index contributed by atoms with van der Waals surface area (Å²) in [4.78, 5) is 2.70. The van der Waals surface area contributed by atoms with E-state index in [1.165, 1.54) is 44.2 Å². The van der Waals surface area contributed by atoms with Crippen molar-refractivity contribution < 1.29 is 0 Å². The van der Waals surface area contributed by atoms with Gasteiger partial charge >= 0.3 is 0 Å². The van der Waals surface area contributed by atoms with Crippen molar-refractivity contribution in [3.05, 3.63) is 48.0 Å². The van der Waals surface area contributed by atoms with Crippen LogP contribution in [-0.2, 0) is 6.54 Å². The standard InChI is InChI=1S/C16H21N/c1-2-8-15(9-3-1)14-17-13-7-6-12-16(17)10-4-5-11-16/h1-4,8-10H,5-7,11-14H2. The van der Waals surface area contributed by atoms with E-state index in [1.807, 2.05) is 0 Å². The second kappa shape index (κ2) is 4.66. The molecule has 1 aromatic rings. The van der Waals surface area contributed by atoms with Crippen molar-refractivity contribution in [2.24, 2.45) is 0 Å². The highest BCUT2D eigenvalue weighted by Gasteiger charge is 2.37. The van der Waals surface area contributed by atoms with E-state index in [9.17, 15) is 0 Å². The summed E-state index contributed by atoms with van der Waals surface area (Å²) in [7, 11) is 0. The van der Waals surface area contributed by atoms with Crippen LogP contribution in [0, 0.1) is 0 Å². The Hall–Kier alpha value is -1.08. The number of rotatable bonds is 2. The highest BCUT2D eigenvalue weighted by molar-refractivity contribution is 5.19. The number of hydrogen-bond acceptors (Lipinski definition) is 1.